The molecule has 0 spiro atoms. The van der Waals surface area contributed by atoms with Gasteiger partial charge in [-0.25, -0.2) is 0 Å². The number of ether oxygens (including phenoxy) is 1. The molecule has 0 aliphatic carbocycles. The maximum Gasteiger partial charge on any atom is 0.123 e. The Balaban J connectivity index is 2.16. The number of nitrogens with zero attached hydrogens (tertiary/aromatic N) is 1. The van der Waals surface area contributed by atoms with Crippen molar-refractivity contribution in [1.29, 1.82) is 0 Å². The van der Waals surface area contributed by atoms with Gasteiger partial charge in [-0.1, -0.05) is 25.7 Å². The molecule has 4 heteroatoms. The van der Waals surface area contributed by atoms with Crippen molar-refractivity contribution >= 4 is 11.8 Å². The lowest BCUT2D eigenvalue weighted by atomic mass is 10.1. The molecule has 0 bridgehead atoms. The van der Waals surface area contributed by atoms with Crippen LogP contribution in [0.1, 0.15) is 25.0 Å². The first-order valence-electron chi connectivity index (χ1n) is 7.36. The van der Waals surface area contributed by atoms with E-state index in [1.807, 2.05) is 12.1 Å². The summed E-state index contributed by atoms with van der Waals surface area (Å²) in [6.07, 6.45) is 0. The van der Waals surface area contributed by atoms with Gasteiger partial charge in [0.2, 0.25) is 0 Å². The lowest BCUT2D eigenvalue weighted by Crippen LogP contribution is -2.39. The number of thioether (sulfide) groups is 1. The van der Waals surface area contributed by atoms with Gasteiger partial charge in [-0.2, -0.15) is 11.8 Å². The van der Waals surface area contributed by atoms with Gasteiger partial charge in [0.05, 0.1) is 13.7 Å². The zero-order chi connectivity index (χ0) is 15.2. The second kappa shape index (κ2) is 7.74. The molecule has 1 saturated heterocycles. The number of methoxy groups -OCH3 is 1. The van der Waals surface area contributed by atoms with E-state index in [-0.39, 0.29) is 0 Å². The van der Waals surface area contributed by atoms with E-state index in [9.17, 15) is 0 Å². The molecule has 21 heavy (non-hydrogen) atoms. The Kier molecular flexibility index (Phi) is 5.98. The Morgan fingerprint density at radius 1 is 1.33 bits per heavy atom. The predicted molar refractivity (Wildman–Crippen MR) is 90.7 cm³/mol. The highest BCUT2D eigenvalue weighted by molar-refractivity contribution is 8.00. The molecule has 1 aliphatic rings. The van der Waals surface area contributed by atoms with Crippen LogP contribution < -0.4 is 10.5 Å². The van der Waals surface area contributed by atoms with Crippen LogP contribution in [-0.4, -0.2) is 42.1 Å². The molecule has 2 N–H and O–H groups in total. The topological polar surface area (TPSA) is 38.5 Å². The summed E-state index contributed by atoms with van der Waals surface area (Å²) in [5.74, 6) is 6.94. The third-order valence-corrected chi connectivity index (χ3v) is 4.73. The summed E-state index contributed by atoms with van der Waals surface area (Å²) in [7, 11) is 1.72. The van der Waals surface area contributed by atoms with Crippen LogP contribution in [-0.2, 0) is 6.54 Å². The van der Waals surface area contributed by atoms with Gasteiger partial charge in [-0.15, -0.1) is 0 Å². The molecule has 3 nitrogen and oxygen atoms in total. The van der Waals surface area contributed by atoms with Crippen LogP contribution in [0.3, 0.4) is 0 Å². The Morgan fingerprint density at radius 2 is 2.05 bits per heavy atom. The molecule has 1 fully saturated rings. The van der Waals surface area contributed by atoms with Gasteiger partial charge in [0.15, 0.2) is 0 Å². The van der Waals surface area contributed by atoms with Crippen molar-refractivity contribution < 1.29 is 4.74 Å². The minimum absolute atomic E-state index is 0.389. The summed E-state index contributed by atoms with van der Waals surface area (Å²) in [5, 5.41) is 1.36. The van der Waals surface area contributed by atoms with Gasteiger partial charge in [0.1, 0.15) is 5.75 Å². The second-order valence-electron chi connectivity index (χ2n) is 5.48. The van der Waals surface area contributed by atoms with Crippen molar-refractivity contribution in [3.63, 3.8) is 0 Å². The fraction of sp³-hybridized carbons (Fsp3) is 0.529. The van der Waals surface area contributed by atoms with E-state index in [0.717, 1.165) is 30.9 Å². The van der Waals surface area contributed by atoms with Crippen LogP contribution in [0.15, 0.2) is 18.2 Å². The molecular formula is C17H24N2OS. The summed E-state index contributed by atoms with van der Waals surface area (Å²) < 4.78 is 5.50. The van der Waals surface area contributed by atoms with Crippen molar-refractivity contribution in [2.24, 2.45) is 5.73 Å². The van der Waals surface area contributed by atoms with Crippen LogP contribution >= 0.6 is 11.8 Å². The molecule has 0 aromatic heterocycles. The van der Waals surface area contributed by atoms with Crippen LogP contribution in [0.25, 0.3) is 0 Å². The maximum atomic E-state index is 5.50. The molecule has 114 valence electrons. The highest BCUT2D eigenvalue weighted by Gasteiger charge is 2.23. The monoisotopic (exact) mass is 304 g/mol. The second-order valence-corrected chi connectivity index (χ2v) is 7.37. The van der Waals surface area contributed by atoms with Gasteiger partial charge in [0, 0.05) is 41.3 Å². The maximum absolute atomic E-state index is 5.50. The standard InChI is InChI=1S/C17H24N2OS/c1-13-10-19(11-14(2)21-13)12-16-9-15(5-4-8-18)6-7-17(16)20-3/h6-7,9,13-14H,8,10-12,18H2,1-3H3. The SMILES string of the molecule is COc1ccc(C#CCN)cc1CN1CC(C)SC(C)C1. The van der Waals surface area contributed by atoms with E-state index in [4.69, 9.17) is 10.5 Å². The normalized spacial score (nSPS) is 22.5. The number of benzene rings is 1. The molecule has 0 amide bonds. The van der Waals surface area contributed by atoms with Crippen molar-refractivity contribution in [1.82, 2.24) is 4.90 Å². The fourth-order valence-electron chi connectivity index (χ4n) is 2.79. The molecule has 0 radical (unpaired) electrons. The van der Waals surface area contributed by atoms with Gasteiger partial charge in [-0.05, 0) is 18.2 Å². The Labute approximate surface area is 132 Å². The molecule has 1 aliphatic heterocycles. The fourth-order valence-corrected chi connectivity index (χ4v) is 4.17. The minimum atomic E-state index is 0.389. The molecule has 1 aromatic rings. The lowest BCUT2D eigenvalue weighted by Gasteiger charge is -2.34. The third-order valence-electron chi connectivity index (χ3n) is 3.50. The third kappa shape index (κ3) is 4.67. The first-order chi connectivity index (χ1) is 10.1. The number of hydrogen-bond donors (Lipinski definition) is 1. The number of rotatable bonds is 3. The smallest absolute Gasteiger partial charge is 0.123 e. The van der Waals surface area contributed by atoms with Gasteiger partial charge in [0.25, 0.3) is 0 Å². The van der Waals surface area contributed by atoms with Crippen LogP contribution in [0.4, 0.5) is 0 Å². The number of nitrogens with two attached hydrogens (primary N) is 1. The molecule has 0 saturated carbocycles. The van der Waals surface area contributed by atoms with E-state index in [1.54, 1.807) is 7.11 Å². The minimum Gasteiger partial charge on any atom is -0.496 e. The van der Waals surface area contributed by atoms with Crippen molar-refractivity contribution in [2.75, 3.05) is 26.7 Å². The van der Waals surface area contributed by atoms with Gasteiger partial charge >= 0.3 is 0 Å². The summed E-state index contributed by atoms with van der Waals surface area (Å²) >= 11 is 2.07. The molecule has 2 unspecified atom stereocenters. The number of hydrogen-bond acceptors (Lipinski definition) is 4. The molecule has 1 heterocycles. The van der Waals surface area contributed by atoms with E-state index < -0.39 is 0 Å². The largest absolute Gasteiger partial charge is 0.496 e. The summed E-state index contributed by atoms with van der Waals surface area (Å²) in [5.41, 5.74) is 7.65. The van der Waals surface area contributed by atoms with Crippen molar-refractivity contribution in [3.8, 4) is 17.6 Å². The van der Waals surface area contributed by atoms with Gasteiger partial charge in [-0.3, -0.25) is 4.90 Å². The highest BCUT2D eigenvalue weighted by atomic mass is 32.2. The van der Waals surface area contributed by atoms with E-state index in [0.29, 0.717) is 17.0 Å². The van der Waals surface area contributed by atoms with Gasteiger partial charge < -0.3 is 10.5 Å². The molecular weight excluding hydrogens is 280 g/mol. The Bertz CT molecular complexity index is 525. The summed E-state index contributed by atoms with van der Waals surface area (Å²) in [4.78, 5) is 2.50. The Hall–Kier alpha value is -1.15. The molecule has 2 atom stereocenters. The molecule has 1 aromatic carbocycles. The lowest BCUT2D eigenvalue weighted by molar-refractivity contribution is 0.258. The highest BCUT2D eigenvalue weighted by Crippen LogP contribution is 2.28. The van der Waals surface area contributed by atoms with Crippen molar-refractivity contribution in [2.45, 2.75) is 30.9 Å². The van der Waals surface area contributed by atoms with Crippen LogP contribution in [0.5, 0.6) is 5.75 Å². The van der Waals surface area contributed by atoms with E-state index in [1.165, 1.54) is 5.56 Å². The molecule has 2 rings (SSSR count). The van der Waals surface area contributed by atoms with E-state index >= 15 is 0 Å². The van der Waals surface area contributed by atoms with Crippen molar-refractivity contribution in [3.05, 3.63) is 29.3 Å². The Morgan fingerprint density at radius 3 is 2.67 bits per heavy atom. The summed E-state index contributed by atoms with van der Waals surface area (Å²) in [6, 6.07) is 6.11. The summed E-state index contributed by atoms with van der Waals surface area (Å²) in [6.45, 7) is 8.14. The predicted octanol–water partition coefficient (Wildman–Crippen LogP) is 2.33. The van der Waals surface area contributed by atoms with Crippen LogP contribution in [0, 0.1) is 11.8 Å². The first-order valence-corrected chi connectivity index (χ1v) is 8.30. The van der Waals surface area contributed by atoms with Crippen LogP contribution in [0.2, 0.25) is 0 Å². The quantitative estimate of drug-likeness (QED) is 0.870. The first kappa shape index (κ1) is 16.2. The van der Waals surface area contributed by atoms with E-state index in [2.05, 4.69) is 48.4 Å². The zero-order valence-corrected chi connectivity index (χ0v) is 13.9. The average molecular weight is 304 g/mol. The zero-order valence-electron chi connectivity index (χ0n) is 13.1. The average Bonchev–Trinajstić information content (AvgIpc) is 2.44.